The van der Waals surface area contributed by atoms with Crippen LogP contribution in [0.15, 0.2) is 0 Å². The molecule has 11 heteroatoms. The maximum atomic E-state index is 11.9. The Labute approximate surface area is 225 Å². The quantitative estimate of drug-likeness (QED) is 0.343. The van der Waals surface area contributed by atoms with Crippen molar-refractivity contribution < 1.29 is 38.2 Å². The van der Waals surface area contributed by atoms with Crippen LogP contribution in [0, 0.1) is 11.8 Å². The van der Waals surface area contributed by atoms with Crippen molar-refractivity contribution >= 4 is 40.8 Å². The van der Waals surface area contributed by atoms with Crippen molar-refractivity contribution in [1.29, 1.82) is 0 Å². The molecule has 2 heterocycles. The first-order chi connectivity index (χ1) is 16.8. The molecule has 212 valence electrons. The number of carbonyl (C=O) groups excluding carboxylic acids is 5. The third-order valence-corrected chi connectivity index (χ3v) is 6.46. The Morgan fingerprint density at radius 3 is 1.59 bits per heavy atom. The second-order valence-electron chi connectivity index (χ2n) is 10.6. The summed E-state index contributed by atoms with van der Waals surface area (Å²) >= 11 is 4.72. The van der Waals surface area contributed by atoms with E-state index < -0.39 is 11.0 Å². The van der Waals surface area contributed by atoms with E-state index in [1.807, 2.05) is 20.8 Å². The van der Waals surface area contributed by atoms with E-state index in [2.05, 4.69) is 4.74 Å². The molecule has 4 rings (SSSR count). The van der Waals surface area contributed by atoms with Gasteiger partial charge in [0.1, 0.15) is 17.2 Å². The summed E-state index contributed by atoms with van der Waals surface area (Å²) in [6.45, 7) is 11.2. The van der Waals surface area contributed by atoms with Crippen LogP contribution in [0.25, 0.3) is 0 Å². The summed E-state index contributed by atoms with van der Waals surface area (Å²) in [5.41, 5.74) is -1.20. The average Bonchev–Trinajstić information content (AvgIpc) is 3.22. The van der Waals surface area contributed by atoms with Crippen molar-refractivity contribution in [3.63, 3.8) is 0 Å². The summed E-state index contributed by atoms with van der Waals surface area (Å²) in [5, 5.41) is 0. The number of ether oxygens (including phenoxy) is 3. The molecule has 2 amide bonds. The van der Waals surface area contributed by atoms with Gasteiger partial charge in [0.25, 0.3) is 0 Å². The number of hydrogen-bond acceptors (Lipinski definition) is 8. The van der Waals surface area contributed by atoms with Gasteiger partial charge in [0.2, 0.25) is 0 Å². The Morgan fingerprint density at radius 1 is 0.811 bits per heavy atom. The zero-order valence-electron chi connectivity index (χ0n) is 21.9. The van der Waals surface area contributed by atoms with E-state index in [4.69, 9.17) is 21.1 Å². The molecular formula is C26H43ClN2O8. The number of Topliss-reactive ketones (excluding diaryl/α,β-unsaturated/α-hetero) is 2. The van der Waals surface area contributed by atoms with E-state index in [0.717, 1.165) is 12.8 Å². The third kappa shape index (κ3) is 10.5. The van der Waals surface area contributed by atoms with Gasteiger partial charge in [-0.05, 0) is 59.3 Å². The number of amides is 2. The predicted octanol–water partition coefficient (Wildman–Crippen LogP) is 5.19. The summed E-state index contributed by atoms with van der Waals surface area (Å²) in [7, 11) is 0. The van der Waals surface area contributed by atoms with Gasteiger partial charge in [0.05, 0.1) is 13.2 Å². The molecule has 0 aromatic carbocycles. The fourth-order valence-corrected chi connectivity index (χ4v) is 5.24. The van der Waals surface area contributed by atoms with Crippen LogP contribution in [-0.4, -0.2) is 83.0 Å². The maximum absolute atomic E-state index is 11.9. The summed E-state index contributed by atoms with van der Waals surface area (Å²) < 4.78 is 14.5. The predicted molar refractivity (Wildman–Crippen MR) is 139 cm³/mol. The van der Waals surface area contributed by atoms with E-state index in [9.17, 15) is 24.0 Å². The van der Waals surface area contributed by atoms with Crippen molar-refractivity contribution in [3.05, 3.63) is 0 Å². The summed E-state index contributed by atoms with van der Waals surface area (Å²) in [5.74, 6) is 1.31. The molecule has 4 aliphatic rings. The third-order valence-electron chi connectivity index (χ3n) is 6.35. The van der Waals surface area contributed by atoms with Crippen molar-refractivity contribution in [1.82, 2.24) is 9.80 Å². The smallest absolute Gasteiger partial charge is 0.410 e. The van der Waals surface area contributed by atoms with Gasteiger partial charge in [-0.1, -0.05) is 7.43 Å². The first kappa shape index (κ1) is 32.7. The molecule has 0 aromatic heterocycles. The Balaban J connectivity index is 0.000000300. The van der Waals surface area contributed by atoms with Crippen molar-refractivity contribution in [2.75, 3.05) is 26.3 Å². The molecule has 4 fully saturated rings. The Bertz CT molecular complexity index is 828. The topological polar surface area (TPSA) is 120 Å². The zero-order chi connectivity index (χ0) is 27.0. The second kappa shape index (κ2) is 14.5. The molecule has 10 nitrogen and oxygen atoms in total. The molecule has 0 N–H and O–H groups in total. The van der Waals surface area contributed by atoms with Gasteiger partial charge in [0, 0.05) is 62.5 Å². The molecule has 4 unspecified atom stereocenters. The lowest BCUT2D eigenvalue weighted by Gasteiger charge is -2.28. The van der Waals surface area contributed by atoms with Crippen LogP contribution in [0.1, 0.15) is 80.6 Å². The highest BCUT2D eigenvalue weighted by molar-refractivity contribution is 6.61. The lowest BCUT2D eigenvalue weighted by atomic mass is 9.89. The van der Waals surface area contributed by atoms with Crippen molar-refractivity contribution in [3.8, 4) is 0 Å². The SMILES string of the molecule is C.CC(C)(C)OC(=O)N1CC2CC(=O)CC1C2.CCOC(=O)Cl.CCOC(=O)N1CC2CC(=O)CC1C2. The molecule has 2 aliphatic heterocycles. The van der Waals surface area contributed by atoms with Crippen LogP contribution < -0.4 is 0 Å². The Kier molecular flexibility index (Phi) is 12.8. The molecular weight excluding hydrogens is 504 g/mol. The highest BCUT2D eigenvalue weighted by Gasteiger charge is 2.43. The minimum Gasteiger partial charge on any atom is -0.454 e. The number of ketones is 2. The largest absolute Gasteiger partial charge is 0.454 e. The second-order valence-corrected chi connectivity index (χ2v) is 10.9. The van der Waals surface area contributed by atoms with Crippen molar-refractivity contribution in [2.45, 2.75) is 98.3 Å². The maximum Gasteiger partial charge on any atom is 0.410 e. The van der Waals surface area contributed by atoms with Gasteiger partial charge >= 0.3 is 17.6 Å². The molecule has 2 saturated carbocycles. The first-order valence-electron chi connectivity index (χ1n) is 12.6. The van der Waals surface area contributed by atoms with Gasteiger partial charge < -0.3 is 24.0 Å². The van der Waals surface area contributed by atoms with E-state index in [1.54, 1.807) is 23.6 Å². The van der Waals surface area contributed by atoms with Gasteiger partial charge in [-0.2, -0.15) is 0 Å². The number of halogens is 1. The standard InChI is InChI=1S/C12H19NO3.C10H15NO3.C3H5ClO2.CH4/c1-12(2,3)16-11(15)13-7-8-4-9(13)6-10(14)5-8;1-2-14-10(13)11-6-7-3-8(11)5-9(12)4-7;1-2-6-3(4)5;/h8-9H,4-7H2,1-3H3;7-8H,2-6H2,1H3;2H2,1H3;1H4. The Morgan fingerprint density at radius 2 is 1.24 bits per heavy atom. The number of carbonyl (C=O) groups is 5. The molecule has 4 bridgehead atoms. The van der Waals surface area contributed by atoms with E-state index >= 15 is 0 Å². The molecule has 37 heavy (non-hydrogen) atoms. The molecule has 0 spiro atoms. The normalized spacial score (nSPS) is 25.6. The van der Waals surface area contributed by atoms with Crippen LogP contribution in [0.2, 0.25) is 0 Å². The van der Waals surface area contributed by atoms with Crippen LogP contribution in [0.5, 0.6) is 0 Å². The number of likely N-dealkylation sites (tertiary alicyclic amines) is 2. The van der Waals surface area contributed by atoms with E-state index in [-0.39, 0.29) is 43.3 Å². The fraction of sp³-hybridized carbons (Fsp3) is 0.808. The van der Waals surface area contributed by atoms with Gasteiger partial charge in [-0.15, -0.1) is 0 Å². The first-order valence-corrected chi connectivity index (χ1v) is 13.0. The van der Waals surface area contributed by atoms with Crippen LogP contribution in [0.3, 0.4) is 0 Å². The molecule has 2 saturated heterocycles. The molecule has 0 radical (unpaired) electrons. The van der Waals surface area contributed by atoms with Gasteiger partial charge in [0.15, 0.2) is 0 Å². The number of rotatable bonds is 2. The van der Waals surface area contributed by atoms with Crippen LogP contribution >= 0.6 is 11.6 Å². The zero-order valence-corrected chi connectivity index (χ0v) is 22.7. The summed E-state index contributed by atoms with van der Waals surface area (Å²) in [6.07, 6.45) is 3.73. The highest BCUT2D eigenvalue weighted by Crippen LogP contribution is 2.35. The number of hydrogen-bond donors (Lipinski definition) is 0. The molecule has 4 atom stereocenters. The minimum atomic E-state index is -0.738. The van der Waals surface area contributed by atoms with Gasteiger partial charge in [-0.3, -0.25) is 9.59 Å². The van der Waals surface area contributed by atoms with Crippen LogP contribution in [0.4, 0.5) is 14.4 Å². The van der Waals surface area contributed by atoms with E-state index in [0.29, 0.717) is 63.8 Å². The molecule has 0 aromatic rings. The molecule has 2 aliphatic carbocycles. The monoisotopic (exact) mass is 546 g/mol. The Hall–Kier alpha value is -2.36. The minimum absolute atomic E-state index is 0. The fourth-order valence-electron chi connectivity index (χ4n) is 5.13. The summed E-state index contributed by atoms with van der Waals surface area (Å²) in [6, 6.07) is 0.196. The van der Waals surface area contributed by atoms with Crippen molar-refractivity contribution in [2.24, 2.45) is 11.8 Å². The van der Waals surface area contributed by atoms with E-state index in [1.165, 1.54) is 0 Å². The average molecular weight is 547 g/mol. The number of fused-ring (bicyclic) bond motifs is 4. The number of nitrogens with zero attached hydrogens (tertiary/aromatic N) is 2. The summed E-state index contributed by atoms with van der Waals surface area (Å²) in [4.78, 5) is 59.1. The lowest BCUT2D eigenvalue weighted by molar-refractivity contribution is -0.122. The lowest BCUT2D eigenvalue weighted by Crippen LogP contribution is -2.40. The van der Waals surface area contributed by atoms with Gasteiger partial charge in [-0.25, -0.2) is 14.4 Å². The highest BCUT2D eigenvalue weighted by atomic mass is 35.5. The van der Waals surface area contributed by atoms with Crippen LogP contribution in [-0.2, 0) is 23.8 Å².